The zero-order valence-corrected chi connectivity index (χ0v) is 10.6. The summed E-state index contributed by atoms with van der Waals surface area (Å²) in [5.41, 5.74) is 6.05. The normalized spacial score (nSPS) is 12.3. The monoisotopic (exact) mass is 290 g/mol. The van der Waals surface area contributed by atoms with Crippen molar-refractivity contribution in [2.45, 2.75) is 13.0 Å². The van der Waals surface area contributed by atoms with Gasteiger partial charge in [-0.2, -0.15) is 0 Å². The minimum Gasteiger partial charge on any atom is -0.350 e. The van der Waals surface area contributed by atoms with E-state index < -0.39 is 0 Å². The van der Waals surface area contributed by atoms with Crippen LogP contribution in [-0.4, -0.2) is 18.5 Å². The molecular formula is C10H12BrClN2O. The van der Waals surface area contributed by atoms with Crippen LogP contribution in [0.15, 0.2) is 22.7 Å². The van der Waals surface area contributed by atoms with E-state index in [1.54, 1.807) is 18.2 Å². The SMILES string of the molecule is CC(N)CNC(=O)c1cc(Cl)cc(Br)c1. The Labute approximate surface area is 102 Å². The first-order valence-corrected chi connectivity index (χ1v) is 5.66. The second-order valence-corrected chi connectivity index (χ2v) is 4.70. The second kappa shape index (κ2) is 5.49. The zero-order valence-electron chi connectivity index (χ0n) is 8.26. The van der Waals surface area contributed by atoms with Crippen LogP contribution in [0.2, 0.25) is 5.02 Å². The molecule has 0 aliphatic carbocycles. The second-order valence-electron chi connectivity index (χ2n) is 3.35. The molecule has 0 saturated heterocycles. The fraction of sp³-hybridized carbons (Fsp3) is 0.300. The standard InChI is InChI=1S/C10H12BrClN2O/c1-6(13)5-14-10(15)7-2-8(11)4-9(12)3-7/h2-4,6H,5,13H2,1H3,(H,14,15). The molecule has 0 aliphatic heterocycles. The van der Waals surface area contributed by atoms with Crippen LogP contribution in [0.5, 0.6) is 0 Å². The van der Waals surface area contributed by atoms with Crippen molar-refractivity contribution < 1.29 is 4.79 Å². The highest BCUT2D eigenvalue weighted by Gasteiger charge is 2.07. The average Bonchev–Trinajstić information content (AvgIpc) is 2.12. The molecule has 1 aromatic rings. The first-order chi connectivity index (χ1) is 6.99. The Balaban J connectivity index is 2.73. The molecule has 1 unspecified atom stereocenters. The average molecular weight is 292 g/mol. The highest BCUT2D eigenvalue weighted by atomic mass is 79.9. The van der Waals surface area contributed by atoms with Crippen molar-refractivity contribution in [2.24, 2.45) is 5.73 Å². The van der Waals surface area contributed by atoms with E-state index >= 15 is 0 Å². The maximum absolute atomic E-state index is 11.6. The summed E-state index contributed by atoms with van der Waals surface area (Å²) in [7, 11) is 0. The van der Waals surface area contributed by atoms with Crippen LogP contribution in [0.25, 0.3) is 0 Å². The van der Waals surface area contributed by atoms with Gasteiger partial charge in [0.15, 0.2) is 0 Å². The van der Waals surface area contributed by atoms with Gasteiger partial charge in [-0.05, 0) is 25.1 Å². The Morgan fingerprint density at radius 3 is 2.80 bits per heavy atom. The Kier molecular flexibility index (Phi) is 4.57. The Morgan fingerprint density at radius 2 is 2.27 bits per heavy atom. The van der Waals surface area contributed by atoms with Crippen LogP contribution in [0.4, 0.5) is 0 Å². The molecule has 0 bridgehead atoms. The van der Waals surface area contributed by atoms with Crippen LogP contribution >= 0.6 is 27.5 Å². The van der Waals surface area contributed by atoms with Gasteiger partial charge in [-0.25, -0.2) is 0 Å². The van der Waals surface area contributed by atoms with E-state index in [1.807, 2.05) is 6.92 Å². The van der Waals surface area contributed by atoms with Crippen LogP contribution in [-0.2, 0) is 0 Å². The van der Waals surface area contributed by atoms with Gasteiger partial charge < -0.3 is 11.1 Å². The lowest BCUT2D eigenvalue weighted by Crippen LogP contribution is -2.35. The molecule has 0 spiro atoms. The Morgan fingerprint density at radius 1 is 1.60 bits per heavy atom. The van der Waals surface area contributed by atoms with Crippen molar-refractivity contribution in [1.82, 2.24) is 5.32 Å². The summed E-state index contributed by atoms with van der Waals surface area (Å²) in [6.07, 6.45) is 0. The van der Waals surface area contributed by atoms with E-state index in [2.05, 4.69) is 21.2 Å². The topological polar surface area (TPSA) is 55.1 Å². The quantitative estimate of drug-likeness (QED) is 0.897. The summed E-state index contributed by atoms with van der Waals surface area (Å²) in [4.78, 5) is 11.6. The number of carbonyl (C=O) groups is 1. The summed E-state index contributed by atoms with van der Waals surface area (Å²) >= 11 is 9.09. The van der Waals surface area contributed by atoms with Crippen molar-refractivity contribution in [3.63, 3.8) is 0 Å². The van der Waals surface area contributed by atoms with Crippen molar-refractivity contribution in [1.29, 1.82) is 0 Å². The first-order valence-electron chi connectivity index (χ1n) is 4.49. The predicted octanol–water partition coefficient (Wildman–Crippen LogP) is 2.18. The molecule has 3 nitrogen and oxygen atoms in total. The minimum absolute atomic E-state index is 0.0587. The molecule has 5 heteroatoms. The molecule has 15 heavy (non-hydrogen) atoms. The molecule has 0 aliphatic rings. The lowest BCUT2D eigenvalue weighted by atomic mass is 10.2. The maximum atomic E-state index is 11.6. The van der Waals surface area contributed by atoms with Crippen LogP contribution in [0, 0.1) is 0 Å². The summed E-state index contributed by atoms with van der Waals surface area (Å²) < 4.78 is 0.779. The molecule has 3 N–H and O–H groups in total. The van der Waals surface area contributed by atoms with Gasteiger partial charge in [0.05, 0.1) is 0 Å². The summed E-state index contributed by atoms with van der Waals surface area (Å²) in [6, 6.07) is 4.99. The van der Waals surface area contributed by atoms with Gasteiger partial charge >= 0.3 is 0 Å². The van der Waals surface area contributed by atoms with E-state index in [0.717, 1.165) is 4.47 Å². The predicted molar refractivity (Wildman–Crippen MR) is 65.1 cm³/mol. The van der Waals surface area contributed by atoms with Gasteiger partial charge in [-0.15, -0.1) is 0 Å². The Bertz CT molecular complexity index is 348. The van der Waals surface area contributed by atoms with E-state index in [4.69, 9.17) is 17.3 Å². The number of hydrogen-bond acceptors (Lipinski definition) is 2. The van der Waals surface area contributed by atoms with Gasteiger partial charge in [0, 0.05) is 27.6 Å². The number of amides is 1. The zero-order chi connectivity index (χ0) is 11.4. The molecule has 0 heterocycles. The van der Waals surface area contributed by atoms with E-state index in [0.29, 0.717) is 17.1 Å². The molecule has 1 atom stereocenters. The third-order valence-corrected chi connectivity index (χ3v) is 2.39. The van der Waals surface area contributed by atoms with Gasteiger partial charge in [0.25, 0.3) is 5.91 Å². The fourth-order valence-electron chi connectivity index (χ4n) is 1.04. The third kappa shape index (κ3) is 4.20. The number of rotatable bonds is 3. The molecule has 1 amide bonds. The number of carbonyl (C=O) groups excluding carboxylic acids is 1. The fourth-order valence-corrected chi connectivity index (χ4v) is 1.90. The van der Waals surface area contributed by atoms with Crippen molar-refractivity contribution in [3.8, 4) is 0 Å². The molecule has 0 radical (unpaired) electrons. The Hall–Kier alpha value is -0.580. The minimum atomic E-state index is -0.171. The highest BCUT2D eigenvalue weighted by Crippen LogP contribution is 2.19. The maximum Gasteiger partial charge on any atom is 0.251 e. The van der Waals surface area contributed by atoms with Crippen molar-refractivity contribution in [3.05, 3.63) is 33.3 Å². The molecule has 0 aromatic heterocycles. The smallest absolute Gasteiger partial charge is 0.251 e. The van der Waals surface area contributed by atoms with Gasteiger partial charge in [0.2, 0.25) is 0 Å². The van der Waals surface area contributed by atoms with Crippen molar-refractivity contribution >= 4 is 33.4 Å². The summed E-state index contributed by atoms with van der Waals surface area (Å²) in [5.74, 6) is -0.171. The molecular weight excluding hydrogens is 279 g/mol. The van der Waals surface area contributed by atoms with Crippen LogP contribution < -0.4 is 11.1 Å². The summed E-state index contributed by atoms with van der Waals surface area (Å²) in [5, 5.41) is 3.23. The molecule has 1 rings (SSSR count). The van der Waals surface area contributed by atoms with E-state index in [1.165, 1.54) is 0 Å². The van der Waals surface area contributed by atoms with Crippen molar-refractivity contribution in [2.75, 3.05) is 6.54 Å². The van der Waals surface area contributed by atoms with Gasteiger partial charge in [-0.3, -0.25) is 4.79 Å². The number of nitrogens with one attached hydrogen (secondary N) is 1. The molecule has 1 aromatic carbocycles. The van der Waals surface area contributed by atoms with Gasteiger partial charge in [-0.1, -0.05) is 27.5 Å². The highest BCUT2D eigenvalue weighted by molar-refractivity contribution is 9.10. The lowest BCUT2D eigenvalue weighted by molar-refractivity contribution is 0.0951. The first kappa shape index (κ1) is 12.5. The molecule has 0 saturated carbocycles. The summed E-state index contributed by atoms with van der Waals surface area (Å²) in [6.45, 7) is 2.27. The van der Waals surface area contributed by atoms with Gasteiger partial charge in [0.1, 0.15) is 0 Å². The number of halogens is 2. The van der Waals surface area contributed by atoms with Crippen LogP contribution in [0.1, 0.15) is 17.3 Å². The largest absolute Gasteiger partial charge is 0.350 e. The molecule has 82 valence electrons. The lowest BCUT2D eigenvalue weighted by Gasteiger charge is -2.08. The number of nitrogens with two attached hydrogens (primary N) is 1. The number of hydrogen-bond donors (Lipinski definition) is 2. The van der Waals surface area contributed by atoms with E-state index in [9.17, 15) is 4.79 Å². The van der Waals surface area contributed by atoms with Crippen LogP contribution in [0.3, 0.4) is 0 Å². The molecule has 0 fully saturated rings. The number of benzene rings is 1. The third-order valence-electron chi connectivity index (χ3n) is 1.71. The van der Waals surface area contributed by atoms with E-state index in [-0.39, 0.29) is 11.9 Å².